The number of nitrogens with one attached hydrogen (secondary N) is 1. The molecule has 7 nitrogen and oxygen atoms in total. The van der Waals surface area contributed by atoms with E-state index in [4.69, 9.17) is 14.5 Å². The van der Waals surface area contributed by atoms with Gasteiger partial charge < -0.3 is 24.6 Å². The second kappa shape index (κ2) is 9.82. The van der Waals surface area contributed by atoms with Crippen LogP contribution in [0.5, 0.6) is 11.6 Å². The smallest absolute Gasteiger partial charge is 0.213 e. The van der Waals surface area contributed by atoms with Crippen molar-refractivity contribution < 1.29 is 9.47 Å². The quantitative estimate of drug-likeness (QED) is 0.610. The summed E-state index contributed by atoms with van der Waals surface area (Å²) in [5, 5.41) is 3.40. The summed E-state index contributed by atoms with van der Waals surface area (Å²) in [6.45, 7) is 7.20. The number of hydrogen-bond donors (Lipinski definition) is 1. The third-order valence-electron chi connectivity index (χ3n) is 4.73. The monoisotopic (exact) mass is 383 g/mol. The first-order valence-electron chi connectivity index (χ1n) is 9.65. The molecule has 150 valence electrons. The zero-order chi connectivity index (χ0) is 19.8. The van der Waals surface area contributed by atoms with Crippen LogP contribution in [0.1, 0.15) is 12.6 Å². The zero-order valence-electron chi connectivity index (χ0n) is 16.9. The fourth-order valence-electron chi connectivity index (χ4n) is 3.21. The number of nitrogens with zero attached hydrogens (tertiary/aromatic N) is 4. The molecule has 0 spiro atoms. The van der Waals surface area contributed by atoms with Crippen molar-refractivity contribution >= 4 is 11.6 Å². The molecule has 0 amide bonds. The van der Waals surface area contributed by atoms with Crippen LogP contribution < -0.4 is 19.7 Å². The van der Waals surface area contributed by atoms with Crippen LogP contribution in [0.3, 0.4) is 0 Å². The minimum absolute atomic E-state index is 0.526. The lowest BCUT2D eigenvalue weighted by molar-refractivity contribution is 0.372. The molecule has 2 heterocycles. The molecule has 1 fully saturated rings. The maximum Gasteiger partial charge on any atom is 0.213 e. The normalized spacial score (nSPS) is 14.8. The Morgan fingerprint density at radius 2 is 1.79 bits per heavy atom. The van der Waals surface area contributed by atoms with Crippen LogP contribution >= 0.6 is 0 Å². The summed E-state index contributed by atoms with van der Waals surface area (Å²) in [4.78, 5) is 13.9. The van der Waals surface area contributed by atoms with Crippen LogP contribution in [0.25, 0.3) is 0 Å². The topological polar surface area (TPSA) is 62.2 Å². The fraction of sp³-hybridized carbons (Fsp3) is 0.429. The molecule has 2 aromatic rings. The molecule has 1 aromatic heterocycles. The lowest BCUT2D eigenvalue weighted by Crippen LogP contribution is -2.52. The highest BCUT2D eigenvalue weighted by molar-refractivity contribution is 5.80. The molecule has 1 aliphatic rings. The number of methoxy groups -OCH3 is 2. The lowest BCUT2D eigenvalue weighted by atomic mass is 10.2. The molecule has 0 unspecified atom stereocenters. The number of rotatable bonds is 6. The maximum atomic E-state index is 5.25. The summed E-state index contributed by atoms with van der Waals surface area (Å²) >= 11 is 0. The molecule has 0 bridgehead atoms. The molecule has 7 heteroatoms. The van der Waals surface area contributed by atoms with Gasteiger partial charge in [-0.05, 0) is 37.3 Å². The molecule has 0 atom stereocenters. The number of anilines is 1. The van der Waals surface area contributed by atoms with Crippen LogP contribution in [0.2, 0.25) is 0 Å². The molecule has 28 heavy (non-hydrogen) atoms. The molecule has 1 saturated heterocycles. The first-order chi connectivity index (χ1) is 13.7. The second-order valence-electron chi connectivity index (χ2n) is 6.51. The van der Waals surface area contributed by atoms with Crippen molar-refractivity contribution in [1.29, 1.82) is 0 Å². The number of benzene rings is 1. The van der Waals surface area contributed by atoms with E-state index in [1.807, 2.05) is 30.3 Å². The number of piperazine rings is 1. The number of aliphatic imine (C=N–C) groups is 1. The largest absolute Gasteiger partial charge is 0.497 e. The van der Waals surface area contributed by atoms with Gasteiger partial charge in [0.1, 0.15) is 5.75 Å². The highest BCUT2D eigenvalue weighted by Crippen LogP contribution is 2.20. The molecular formula is C21H29N5O2. The van der Waals surface area contributed by atoms with E-state index in [0.717, 1.165) is 50.1 Å². The second-order valence-corrected chi connectivity index (χ2v) is 6.51. The summed E-state index contributed by atoms with van der Waals surface area (Å²) < 4.78 is 10.4. The standard InChI is InChI=1S/C21H29N5O2/c1-4-22-21(23-16-17-6-5-7-20(24-17)28-3)26-14-12-25(13-15-26)18-8-10-19(27-2)11-9-18/h5-11H,4,12-16H2,1-3H3,(H,22,23). The van der Waals surface area contributed by atoms with E-state index in [2.05, 4.69) is 39.2 Å². The SMILES string of the molecule is CCNC(=NCc1cccc(OC)n1)N1CCN(c2ccc(OC)cc2)CC1. The van der Waals surface area contributed by atoms with E-state index in [0.29, 0.717) is 12.4 Å². The van der Waals surface area contributed by atoms with E-state index in [1.165, 1.54) is 5.69 Å². The van der Waals surface area contributed by atoms with E-state index >= 15 is 0 Å². The Balaban J connectivity index is 1.61. The Bertz CT molecular complexity index is 771. The van der Waals surface area contributed by atoms with Crippen molar-refractivity contribution in [2.75, 3.05) is 51.8 Å². The van der Waals surface area contributed by atoms with Crippen LogP contribution in [0.4, 0.5) is 5.69 Å². The van der Waals surface area contributed by atoms with Gasteiger partial charge in [-0.15, -0.1) is 0 Å². The maximum absolute atomic E-state index is 5.25. The highest BCUT2D eigenvalue weighted by Gasteiger charge is 2.20. The van der Waals surface area contributed by atoms with Crippen LogP contribution in [0, 0.1) is 0 Å². The van der Waals surface area contributed by atoms with Gasteiger partial charge in [0.15, 0.2) is 5.96 Å². The Morgan fingerprint density at radius 3 is 2.43 bits per heavy atom. The van der Waals surface area contributed by atoms with Crippen molar-refractivity contribution in [1.82, 2.24) is 15.2 Å². The molecule has 0 radical (unpaired) electrons. The summed E-state index contributed by atoms with van der Waals surface area (Å²) in [6, 6.07) is 14.0. The third-order valence-corrected chi connectivity index (χ3v) is 4.73. The predicted octanol–water partition coefficient (Wildman–Crippen LogP) is 2.39. The minimum Gasteiger partial charge on any atom is -0.497 e. The lowest BCUT2D eigenvalue weighted by Gasteiger charge is -2.37. The molecule has 1 aromatic carbocycles. The molecule has 1 N–H and O–H groups in total. The first-order valence-corrected chi connectivity index (χ1v) is 9.65. The fourth-order valence-corrected chi connectivity index (χ4v) is 3.21. The van der Waals surface area contributed by atoms with Gasteiger partial charge in [0.05, 0.1) is 26.5 Å². The van der Waals surface area contributed by atoms with E-state index < -0.39 is 0 Å². The molecule has 0 aliphatic carbocycles. The Hall–Kier alpha value is -2.96. The van der Waals surface area contributed by atoms with E-state index in [-0.39, 0.29) is 0 Å². The van der Waals surface area contributed by atoms with Crippen molar-refractivity contribution in [2.24, 2.45) is 4.99 Å². The van der Waals surface area contributed by atoms with Gasteiger partial charge in [-0.3, -0.25) is 0 Å². The zero-order valence-corrected chi connectivity index (χ0v) is 16.9. The van der Waals surface area contributed by atoms with E-state index in [1.54, 1.807) is 14.2 Å². The number of guanidine groups is 1. The summed E-state index contributed by atoms with van der Waals surface area (Å²) in [7, 11) is 3.32. The molecule has 1 aliphatic heterocycles. The third kappa shape index (κ3) is 5.06. The Kier molecular flexibility index (Phi) is 6.94. The summed E-state index contributed by atoms with van der Waals surface area (Å²) in [5.74, 6) is 2.43. The van der Waals surface area contributed by atoms with Gasteiger partial charge in [-0.1, -0.05) is 6.07 Å². The highest BCUT2D eigenvalue weighted by atomic mass is 16.5. The van der Waals surface area contributed by atoms with Crippen molar-refractivity contribution in [3.05, 3.63) is 48.2 Å². The van der Waals surface area contributed by atoms with Gasteiger partial charge in [-0.25, -0.2) is 9.98 Å². The van der Waals surface area contributed by atoms with Gasteiger partial charge in [0.25, 0.3) is 0 Å². The molecule has 0 saturated carbocycles. The number of hydrogen-bond acceptors (Lipinski definition) is 5. The Morgan fingerprint density at radius 1 is 1.04 bits per heavy atom. The average Bonchev–Trinajstić information content (AvgIpc) is 2.77. The number of pyridine rings is 1. The van der Waals surface area contributed by atoms with E-state index in [9.17, 15) is 0 Å². The van der Waals surface area contributed by atoms with Crippen molar-refractivity contribution in [3.8, 4) is 11.6 Å². The average molecular weight is 383 g/mol. The van der Waals surface area contributed by atoms with Crippen LogP contribution in [-0.2, 0) is 6.54 Å². The van der Waals surface area contributed by atoms with Gasteiger partial charge in [0.2, 0.25) is 5.88 Å². The van der Waals surface area contributed by atoms with Gasteiger partial charge >= 0.3 is 0 Å². The van der Waals surface area contributed by atoms with Crippen LogP contribution in [0.15, 0.2) is 47.5 Å². The number of ether oxygens (including phenoxy) is 2. The van der Waals surface area contributed by atoms with Crippen molar-refractivity contribution in [3.63, 3.8) is 0 Å². The summed E-state index contributed by atoms with van der Waals surface area (Å²) in [6.07, 6.45) is 0. The van der Waals surface area contributed by atoms with Gasteiger partial charge in [0, 0.05) is 44.5 Å². The Labute approximate surface area is 167 Å². The minimum atomic E-state index is 0.526. The number of aromatic nitrogens is 1. The van der Waals surface area contributed by atoms with Crippen molar-refractivity contribution in [2.45, 2.75) is 13.5 Å². The molecule has 3 rings (SSSR count). The first kappa shape index (κ1) is 19.8. The summed E-state index contributed by atoms with van der Waals surface area (Å²) in [5.41, 5.74) is 2.12. The van der Waals surface area contributed by atoms with Gasteiger partial charge in [-0.2, -0.15) is 0 Å². The molecular weight excluding hydrogens is 354 g/mol. The predicted molar refractivity (Wildman–Crippen MR) is 112 cm³/mol. The van der Waals surface area contributed by atoms with Crippen LogP contribution in [-0.4, -0.2) is 62.8 Å².